The number of benzene rings is 1. The molecule has 1 heterocycles. The molecule has 1 unspecified atom stereocenters. The predicted octanol–water partition coefficient (Wildman–Crippen LogP) is 1.88. The lowest BCUT2D eigenvalue weighted by atomic mass is 9.75. The quantitative estimate of drug-likeness (QED) is 0.882. The van der Waals surface area contributed by atoms with Gasteiger partial charge in [0.1, 0.15) is 17.0 Å². The maximum Gasteiger partial charge on any atom is 0.315 e. The lowest BCUT2D eigenvalue weighted by Gasteiger charge is -2.28. The number of hydrogen-bond donors (Lipinski definition) is 2. The molecule has 1 aromatic carbocycles. The summed E-state index contributed by atoms with van der Waals surface area (Å²) in [5, 5.41) is 9.58. The number of carboxylic acids is 1. The Morgan fingerprint density at radius 2 is 1.76 bits per heavy atom. The number of hydrogen-bond acceptors (Lipinski definition) is 3. The average Bonchev–Trinajstić information content (AvgIpc) is 2.44. The molecule has 2 rings (SSSR count). The van der Waals surface area contributed by atoms with Gasteiger partial charge in [0.25, 0.3) is 0 Å². The van der Waals surface area contributed by atoms with Gasteiger partial charge in [-0.25, -0.2) is 8.78 Å². The molecule has 3 N–H and O–H groups in total. The predicted molar refractivity (Wildman–Crippen MR) is 72.7 cm³/mol. The number of aromatic nitrogens is 1. The maximum absolute atomic E-state index is 13.4. The van der Waals surface area contributed by atoms with Gasteiger partial charge in [0, 0.05) is 25.0 Å². The normalized spacial score (nSPS) is 13.7. The third kappa shape index (κ3) is 3.05. The number of nitrogens with zero attached hydrogens (tertiary/aromatic N) is 1. The van der Waals surface area contributed by atoms with E-state index in [0.29, 0.717) is 11.6 Å². The van der Waals surface area contributed by atoms with Crippen LogP contribution in [0.1, 0.15) is 11.1 Å². The summed E-state index contributed by atoms with van der Waals surface area (Å²) in [6.45, 7) is -0.284. The second-order valence-electron chi connectivity index (χ2n) is 4.78. The second kappa shape index (κ2) is 5.97. The molecule has 0 saturated carbocycles. The van der Waals surface area contributed by atoms with Gasteiger partial charge in [0.2, 0.25) is 0 Å². The van der Waals surface area contributed by atoms with Gasteiger partial charge in [-0.15, -0.1) is 0 Å². The van der Waals surface area contributed by atoms with Crippen molar-refractivity contribution in [3.8, 4) is 0 Å². The van der Waals surface area contributed by atoms with Gasteiger partial charge in [-0.1, -0.05) is 0 Å². The minimum atomic E-state index is -1.59. The van der Waals surface area contributed by atoms with Crippen molar-refractivity contribution in [2.24, 2.45) is 5.73 Å². The summed E-state index contributed by atoms with van der Waals surface area (Å²) in [6, 6.07) is 5.99. The zero-order valence-corrected chi connectivity index (χ0v) is 11.1. The third-order valence-corrected chi connectivity index (χ3v) is 3.43. The van der Waals surface area contributed by atoms with Gasteiger partial charge in [-0.3, -0.25) is 9.78 Å². The highest BCUT2D eigenvalue weighted by atomic mass is 19.1. The molecule has 0 aliphatic rings. The van der Waals surface area contributed by atoms with Crippen molar-refractivity contribution >= 4 is 5.97 Å². The lowest BCUT2D eigenvalue weighted by molar-refractivity contribution is -0.143. The second-order valence-corrected chi connectivity index (χ2v) is 4.78. The molecule has 0 spiro atoms. The smallest absolute Gasteiger partial charge is 0.315 e. The first-order valence-corrected chi connectivity index (χ1v) is 6.27. The van der Waals surface area contributed by atoms with Crippen LogP contribution in [0.25, 0.3) is 0 Å². The molecular formula is C15H14F2N2O2. The van der Waals surface area contributed by atoms with E-state index >= 15 is 0 Å². The molecule has 0 amide bonds. The topological polar surface area (TPSA) is 76.2 Å². The molecule has 21 heavy (non-hydrogen) atoms. The molecule has 1 atom stereocenters. The van der Waals surface area contributed by atoms with Gasteiger partial charge in [-0.2, -0.15) is 0 Å². The molecule has 0 saturated heterocycles. The lowest BCUT2D eigenvalue weighted by Crippen LogP contribution is -2.45. The number of carboxylic acid groups (broad SMARTS) is 1. The minimum Gasteiger partial charge on any atom is -0.481 e. The Kier molecular flexibility index (Phi) is 4.28. The van der Waals surface area contributed by atoms with Crippen LogP contribution in [0.5, 0.6) is 0 Å². The summed E-state index contributed by atoms with van der Waals surface area (Å²) in [5.41, 5.74) is 4.73. The Morgan fingerprint density at radius 1 is 1.19 bits per heavy atom. The summed E-state index contributed by atoms with van der Waals surface area (Å²) in [6.07, 6.45) is 3.06. The first-order chi connectivity index (χ1) is 9.98. The van der Waals surface area contributed by atoms with Crippen molar-refractivity contribution in [1.29, 1.82) is 0 Å². The minimum absolute atomic E-state index is 0.00631. The van der Waals surface area contributed by atoms with Crippen LogP contribution < -0.4 is 5.73 Å². The van der Waals surface area contributed by atoms with Crippen molar-refractivity contribution in [3.05, 3.63) is 65.5 Å². The summed E-state index contributed by atoms with van der Waals surface area (Å²) >= 11 is 0. The molecular weight excluding hydrogens is 278 g/mol. The Labute approximate surface area is 120 Å². The van der Waals surface area contributed by atoms with Gasteiger partial charge in [0.05, 0.1) is 0 Å². The number of pyridine rings is 1. The zero-order valence-electron chi connectivity index (χ0n) is 11.1. The Balaban J connectivity index is 2.53. The van der Waals surface area contributed by atoms with E-state index in [4.69, 9.17) is 5.73 Å². The van der Waals surface area contributed by atoms with Crippen LogP contribution in [-0.2, 0) is 16.6 Å². The number of halogens is 2. The largest absolute Gasteiger partial charge is 0.481 e. The van der Waals surface area contributed by atoms with E-state index in [1.54, 1.807) is 12.1 Å². The van der Waals surface area contributed by atoms with Crippen molar-refractivity contribution in [2.75, 3.05) is 6.54 Å². The summed E-state index contributed by atoms with van der Waals surface area (Å²) < 4.78 is 26.8. The SMILES string of the molecule is NCC(Cc1ccncc1)(C(=O)O)c1cc(F)cc(F)c1. The number of nitrogens with two attached hydrogens (primary N) is 1. The first kappa shape index (κ1) is 15.1. The van der Waals surface area contributed by atoms with Crippen LogP contribution in [-0.4, -0.2) is 22.6 Å². The standard InChI is InChI=1S/C15H14F2N2O2/c16-12-5-11(6-13(17)7-12)15(9-18,14(20)21)8-10-1-3-19-4-2-10/h1-7H,8-9,18H2,(H,20,21). The maximum atomic E-state index is 13.4. The van der Waals surface area contributed by atoms with E-state index in [1.807, 2.05) is 0 Å². The highest BCUT2D eigenvalue weighted by Gasteiger charge is 2.40. The van der Waals surface area contributed by atoms with Gasteiger partial charge >= 0.3 is 5.97 Å². The fraction of sp³-hybridized carbons (Fsp3) is 0.200. The van der Waals surface area contributed by atoms with E-state index in [0.717, 1.165) is 12.1 Å². The molecule has 0 bridgehead atoms. The van der Waals surface area contributed by atoms with Crippen molar-refractivity contribution < 1.29 is 18.7 Å². The summed E-state index contributed by atoms with van der Waals surface area (Å²) in [5.74, 6) is -2.90. The van der Waals surface area contributed by atoms with Crippen molar-refractivity contribution in [1.82, 2.24) is 4.98 Å². The van der Waals surface area contributed by atoms with E-state index in [9.17, 15) is 18.7 Å². The van der Waals surface area contributed by atoms with E-state index < -0.39 is 23.0 Å². The number of aliphatic carboxylic acids is 1. The van der Waals surface area contributed by atoms with Crippen LogP contribution in [0.4, 0.5) is 8.78 Å². The third-order valence-electron chi connectivity index (χ3n) is 3.43. The molecule has 0 aliphatic heterocycles. The molecule has 4 nitrogen and oxygen atoms in total. The fourth-order valence-corrected chi connectivity index (χ4v) is 2.26. The summed E-state index contributed by atoms with van der Waals surface area (Å²) in [4.78, 5) is 15.6. The number of rotatable bonds is 5. The average molecular weight is 292 g/mol. The zero-order chi connectivity index (χ0) is 15.5. The Morgan fingerprint density at radius 3 is 2.24 bits per heavy atom. The van der Waals surface area contributed by atoms with Crippen LogP contribution >= 0.6 is 0 Å². The molecule has 0 aliphatic carbocycles. The van der Waals surface area contributed by atoms with E-state index in [-0.39, 0.29) is 18.5 Å². The van der Waals surface area contributed by atoms with Crippen LogP contribution in [0.15, 0.2) is 42.7 Å². The Bertz CT molecular complexity index is 629. The highest BCUT2D eigenvalue weighted by Crippen LogP contribution is 2.29. The fourth-order valence-electron chi connectivity index (χ4n) is 2.26. The summed E-state index contributed by atoms with van der Waals surface area (Å²) in [7, 11) is 0. The van der Waals surface area contributed by atoms with E-state index in [2.05, 4.69) is 4.98 Å². The van der Waals surface area contributed by atoms with Gasteiger partial charge in [-0.05, 0) is 41.8 Å². The molecule has 1 aromatic heterocycles. The van der Waals surface area contributed by atoms with E-state index in [1.165, 1.54) is 12.4 Å². The van der Waals surface area contributed by atoms with Gasteiger partial charge in [0.15, 0.2) is 0 Å². The molecule has 0 radical (unpaired) electrons. The molecule has 0 fully saturated rings. The van der Waals surface area contributed by atoms with Gasteiger partial charge < -0.3 is 10.8 Å². The molecule has 6 heteroatoms. The van der Waals surface area contributed by atoms with Crippen LogP contribution in [0.2, 0.25) is 0 Å². The van der Waals surface area contributed by atoms with Crippen LogP contribution in [0.3, 0.4) is 0 Å². The highest BCUT2D eigenvalue weighted by molar-refractivity contribution is 5.82. The van der Waals surface area contributed by atoms with Crippen molar-refractivity contribution in [3.63, 3.8) is 0 Å². The Hall–Kier alpha value is -2.34. The molecule has 2 aromatic rings. The molecule has 110 valence electrons. The van der Waals surface area contributed by atoms with Crippen LogP contribution in [0, 0.1) is 11.6 Å². The first-order valence-electron chi connectivity index (χ1n) is 6.27. The number of carbonyl (C=O) groups is 1. The monoisotopic (exact) mass is 292 g/mol. The van der Waals surface area contributed by atoms with Crippen molar-refractivity contribution in [2.45, 2.75) is 11.8 Å².